The van der Waals surface area contributed by atoms with Gasteiger partial charge in [-0.2, -0.15) is 5.26 Å². The molecule has 4 heteroatoms. The highest BCUT2D eigenvalue weighted by atomic mass is 16.5. The van der Waals surface area contributed by atoms with Gasteiger partial charge in [0.15, 0.2) is 0 Å². The van der Waals surface area contributed by atoms with Gasteiger partial charge in [0, 0.05) is 38.7 Å². The van der Waals surface area contributed by atoms with Crippen molar-refractivity contribution in [1.82, 2.24) is 4.98 Å². The summed E-state index contributed by atoms with van der Waals surface area (Å²) in [6, 6.07) is 5.91. The molecule has 0 bridgehead atoms. The highest BCUT2D eigenvalue weighted by Gasteiger charge is 2.19. The van der Waals surface area contributed by atoms with Crippen molar-refractivity contribution in [2.24, 2.45) is 5.92 Å². The average molecular weight is 231 g/mol. The zero-order valence-corrected chi connectivity index (χ0v) is 10.1. The lowest BCUT2D eigenvalue weighted by Crippen LogP contribution is -2.35. The van der Waals surface area contributed by atoms with E-state index in [0.29, 0.717) is 11.6 Å². The maximum atomic E-state index is 8.82. The van der Waals surface area contributed by atoms with Crippen molar-refractivity contribution in [2.45, 2.75) is 12.8 Å². The lowest BCUT2D eigenvalue weighted by atomic mass is 9.97. The summed E-state index contributed by atoms with van der Waals surface area (Å²) in [5.74, 6) is 0.675. The van der Waals surface area contributed by atoms with Gasteiger partial charge in [-0.3, -0.25) is 0 Å². The van der Waals surface area contributed by atoms with Gasteiger partial charge >= 0.3 is 0 Å². The van der Waals surface area contributed by atoms with Gasteiger partial charge in [-0.1, -0.05) is 0 Å². The Morgan fingerprint density at radius 3 is 2.94 bits per heavy atom. The molecule has 1 aromatic rings. The molecule has 0 spiro atoms. The summed E-state index contributed by atoms with van der Waals surface area (Å²) in [6.07, 6.45) is 4.01. The van der Waals surface area contributed by atoms with Gasteiger partial charge in [-0.25, -0.2) is 4.98 Å². The Balaban J connectivity index is 1.98. The van der Waals surface area contributed by atoms with E-state index >= 15 is 0 Å². The monoisotopic (exact) mass is 231 g/mol. The topological polar surface area (TPSA) is 49.1 Å². The molecule has 1 aromatic heterocycles. The summed E-state index contributed by atoms with van der Waals surface area (Å²) >= 11 is 0. The van der Waals surface area contributed by atoms with Crippen LogP contribution in [0.3, 0.4) is 0 Å². The first-order chi connectivity index (χ1) is 8.33. The normalized spacial score (nSPS) is 16.8. The fraction of sp³-hybridized carbons (Fsp3) is 0.538. The predicted octanol–water partition coefficient (Wildman–Crippen LogP) is 1.82. The minimum absolute atomic E-state index is 0.488. The number of methoxy groups -OCH3 is 1. The molecule has 17 heavy (non-hydrogen) atoms. The second-order valence-electron chi connectivity index (χ2n) is 4.40. The van der Waals surface area contributed by atoms with Crippen LogP contribution >= 0.6 is 0 Å². The quantitative estimate of drug-likeness (QED) is 0.796. The van der Waals surface area contributed by atoms with Crippen LogP contribution in [-0.4, -0.2) is 31.8 Å². The summed E-state index contributed by atoms with van der Waals surface area (Å²) < 4.78 is 5.19. The van der Waals surface area contributed by atoms with Crippen molar-refractivity contribution in [3.8, 4) is 6.07 Å². The van der Waals surface area contributed by atoms with Crippen LogP contribution < -0.4 is 4.90 Å². The molecule has 0 saturated carbocycles. The largest absolute Gasteiger partial charge is 0.384 e. The van der Waals surface area contributed by atoms with Crippen LogP contribution in [0.1, 0.15) is 18.5 Å². The molecule has 0 aromatic carbocycles. The standard InChI is InChI=1S/C13H17N3O/c1-17-10-11-3-6-16(7-4-11)13-2-5-15-12(8-13)9-14/h2,5,8,11H,3-4,6-7,10H2,1H3. The molecule has 1 fully saturated rings. The van der Waals surface area contributed by atoms with Crippen molar-refractivity contribution in [3.05, 3.63) is 24.0 Å². The summed E-state index contributed by atoms with van der Waals surface area (Å²) in [5.41, 5.74) is 1.59. The van der Waals surface area contributed by atoms with Crippen LogP contribution in [0, 0.1) is 17.2 Å². The van der Waals surface area contributed by atoms with Crippen LogP contribution in [0.15, 0.2) is 18.3 Å². The summed E-state index contributed by atoms with van der Waals surface area (Å²) in [6.45, 7) is 2.92. The molecule has 0 radical (unpaired) electrons. The number of hydrogen-bond acceptors (Lipinski definition) is 4. The Bertz CT molecular complexity index is 405. The first-order valence-electron chi connectivity index (χ1n) is 5.93. The Morgan fingerprint density at radius 2 is 2.29 bits per heavy atom. The van der Waals surface area contributed by atoms with E-state index < -0.39 is 0 Å². The molecule has 4 nitrogen and oxygen atoms in total. The molecule has 1 aliphatic rings. The van der Waals surface area contributed by atoms with E-state index in [2.05, 4.69) is 16.0 Å². The zero-order valence-electron chi connectivity index (χ0n) is 10.1. The Hall–Kier alpha value is -1.60. The number of rotatable bonds is 3. The third-order valence-electron chi connectivity index (χ3n) is 3.24. The molecule has 90 valence electrons. The van der Waals surface area contributed by atoms with E-state index in [1.165, 1.54) is 0 Å². The lowest BCUT2D eigenvalue weighted by molar-refractivity contribution is 0.139. The fourth-order valence-electron chi connectivity index (χ4n) is 2.27. The molecule has 1 saturated heterocycles. The molecule has 0 atom stereocenters. The minimum atomic E-state index is 0.488. The van der Waals surface area contributed by atoms with Crippen LogP contribution in [0.4, 0.5) is 5.69 Å². The van der Waals surface area contributed by atoms with Gasteiger partial charge in [-0.05, 0) is 30.9 Å². The summed E-state index contributed by atoms with van der Waals surface area (Å²) in [5, 5.41) is 8.82. The molecule has 2 heterocycles. The van der Waals surface area contributed by atoms with Crippen LogP contribution in [0.2, 0.25) is 0 Å². The highest BCUT2D eigenvalue weighted by molar-refractivity contribution is 5.48. The summed E-state index contributed by atoms with van der Waals surface area (Å²) in [7, 11) is 1.76. The van der Waals surface area contributed by atoms with Crippen LogP contribution in [0.5, 0.6) is 0 Å². The van der Waals surface area contributed by atoms with E-state index in [0.717, 1.165) is 38.2 Å². The smallest absolute Gasteiger partial charge is 0.142 e. The first kappa shape index (κ1) is 11.9. The van der Waals surface area contributed by atoms with Crippen molar-refractivity contribution in [2.75, 3.05) is 31.7 Å². The van der Waals surface area contributed by atoms with Gasteiger partial charge in [0.25, 0.3) is 0 Å². The molecule has 0 amide bonds. The highest BCUT2D eigenvalue weighted by Crippen LogP contribution is 2.23. The van der Waals surface area contributed by atoms with E-state index in [-0.39, 0.29) is 0 Å². The lowest BCUT2D eigenvalue weighted by Gasteiger charge is -2.33. The number of aromatic nitrogens is 1. The van der Waals surface area contributed by atoms with E-state index in [4.69, 9.17) is 10.00 Å². The molecule has 0 aliphatic carbocycles. The van der Waals surface area contributed by atoms with Gasteiger partial charge in [-0.15, -0.1) is 0 Å². The van der Waals surface area contributed by atoms with Crippen LogP contribution in [0.25, 0.3) is 0 Å². The number of pyridine rings is 1. The number of ether oxygens (including phenoxy) is 1. The third kappa shape index (κ3) is 2.95. The van der Waals surface area contributed by atoms with E-state index in [9.17, 15) is 0 Å². The Kier molecular flexibility index (Phi) is 3.94. The molecule has 1 aliphatic heterocycles. The van der Waals surface area contributed by atoms with Gasteiger partial charge < -0.3 is 9.64 Å². The number of nitrogens with zero attached hydrogens (tertiary/aromatic N) is 3. The second-order valence-corrected chi connectivity index (χ2v) is 4.40. The first-order valence-corrected chi connectivity index (χ1v) is 5.93. The average Bonchev–Trinajstić information content (AvgIpc) is 2.40. The van der Waals surface area contributed by atoms with Gasteiger partial charge in [0.05, 0.1) is 0 Å². The van der Waals surface area contributed by atoms with Crippen LogP contribution in [-0.2, 0) is 4.74 Å². The van der Waals surface area contributed by atoms with Crippen molar-refractivity contribution >= 4 is 5.69 Å². The summed E-state index contributed by atoms with van der Waals surface area (Å²) in [4.78, 5) is 6.30. The third-order valence-corrected chi connectivity index (χ3v) is 3.24. The SMILES string of the molecule is COCC1CCN(c2ccnc(C#N)c2)CC1. The predicted molar refractivity (Wildman–Crippen MR) is 65.8 cm³/mol. The van der Waals surface area contributed by atoms with Crippen molar-refractivity contribution < 1.29 is 4.74 Å². The molecule has 2 rings (SSSR count). The van der Waals surface area contributed by atoms with E-state index in [1.807, 2.05) is 12.1 Å². The maximum Gasteiger partial charge on any atom is 0.142 e. The minimum Gasteiger partial charge on any atom is -0.384 e. The number of hydrogen-bond donors (Lipinski definition) is 0. The number of nitriles is 1. The molecular formula is C13H17N3O. The van der Waals surface area contributed by atoms with Crippen molar-refractivity contribution in [3.63, 3.8) is 0 Å². The number of piperidine rings is 1. The van der Waals surface area contributed by atoms with Gasteiger partial charge in [0.2, 0.25) is 0 Å². The second kappa shape index (κ2) is 5.65. The fourth-order valence-corrected chi connectivity index (χ4v) is 2.27. The molecule has 0 N–H and O–H groups in total. The van der Waals surface area contributed by atoms with Crippen molar-refractivity contribution in [1.29, 1.82) is 5.26 Å². The maximum absolute atomic E-state index is 8.82. The Labute approximate surface area is 102 Å². The number of anilines is 1. The molecular weight excluding hydrogens is 214 g/mol. The van der Waals surface area contributed by atoms with Gasteiger partial charge in [0.1, 0.15) is 11.8 Å². The Morgan fingerprint density at radius 1 is 1.53 bits per heavy atom. The van der Waals surface area contributed by atoms with E-state index in [1.54, 1.807) is 13.3 Å². The zero-order chi connectivity index (χ0) is 12.1. The molecule has 0 unspecified atom stereocenters.